The summed E-state index contributed by atoms with van der Waals surface area (Å²) in [6.45, 7) is 16.0. The van der Waals surface area contributed by atoms with Gasteiger partial charge in [-0.05, 0) is 40.4 Å². The van der Waals surface area contributed by atoms with Crippen LogP contribution in [-0.4, -0.2) is 29.4 Å². The first-order valence-corrected chi connectivity index (χ1v) is 16.6. The van der Waals surface area contributed by atoms with Gasteiger partial charge < -0.3 is 14.9 Å². The lowest BCUT2D eigenvalue weighted by molar-refractivity contribution is -0.136. The summed E-state index contributed by atoms with van der Waals surface area (Å²) in [5, 5.41) is 20.9. The van der Waals surface area contributed by atoms with Crippen molar-refractivity contribution >= 4 is 5.97 Å². The summed E-state index contributed by atoms with van der Waals surface area (Å²) >= 11 is 0. The molecule has 0 unspecified atom stereocenters. The van der Waals surface area contributed by atoms with E-state index in [-0.39, 0.29) is 17.3 Å². The lowest BCUT2D eigenvalue weighted by Crippen LogP contribution is -2.22. The van der Waals surface area contributed by atoms with Crippen molar-refractivity contribution in [2.75, 3.05) is 13.2 Å². The van der Waals surface area contributed by atoms with E-state index < -0.39 is 5.97 Å². The smallest absolute Gasteiger partial charge is 0.307 e. The van der Waals surface area contributed by atoms with E-state index in [1.165, 1.54) is 96.3 Å². The van der Waals surface area contributed by atoms with Gasteiger partial charge in [0.1, 0.15) is 5.75 Å². The van der Waals surface area contributed by atoms with Crippen LogP contribution in [0, 0.1) is 0 Å². The Morgan fingerprint density at radius 1 is 0.700 bits per heavy atom. The Labute approximate surface area is 247 Å². The van der Waals surface area contributed by atoms with Gasteiger partial charge in [0.15, 0.2) is 0 Å². The van der Waals surface area contributed by atoms with Crippen molar-refractivity contribution in [2.45, 2.75) is 175 Å². The first-order valence-electron chi connectivity index (χ1n) is 16.6. The van der Waals surface area contributed by atoms with Gasteiger partial charge in [-0.15, -0.1) is 0 Å². The van der Waals surface area contributed by atoms with Gasteiger partial charge >= 0.3 is 5.97 Å². The highest BCUT2D eigenvalue weighted by molar-refractivity contribution is 5.72. The molecule has 0 aliphatic heterocycles. The van der Waals surface area contributed by atoms with Crippen molar-refractivity contribution < 1.29 is 19.7 Å². The molecule has 1 aromatic carbocycles. The number of rotatable bonds is 22. The molecule has 40 heavy (non-hydrogen) atoms. The monoisotopic (exact) mass is 560 g/mol. The Hall–Kier alpha value is -1.55. The number of carboxylic acid groups (broad SMARTS) is 1. The lowest BCUT2D eigenvalue weighted by atomic mass is 9.74. The summed E-state index contributed by atoms with van der Waals surface area (Å²) in [6.07, 6.45) is 22.3. The number of benzene rings is 1. The number of unbranched alkanes of at least 4 members (excludes halogenated alkanes) is 15. The van der Waals surface area contributed by atoms with Gasteiger partial charge in [0, 0.05) is 12.2 Å². The van der Waals surface area contributed by atoms with Crippen LogP contribution in [-0.2, 0) is 33.2 Å². The number of phenols is 1. The Morgan fingerprint density at radius 3 is 1.55 bits per heavy atom. The van der Waals surface area contributed by atoms with Gasteiger partial charge in [0.05, 0.1) is 13.0 Å². The second-order valence-electron chi connectivity index (χ2n) is 14.0. The van der Waals surface area contributed by atoms with Crippen LogP contribution in [0.5, 0.6) is 5.75 Å². The zero-order valence-electron chi connectivity index (χ0n) is 27.4. The average Bonchev–Trinajstić information content (AvgIpc) is 2.85. The van der Waals surface area contributed by atoms with E-state index in [1.54, 1.807) is 0 Å². The first-order chi connectivity index (χ1) is 18.9. The average molecular weight is 561 g/mol. The lowest BCUT2D eigenvalue weighted by Gasteiger charge is -2.31. The van der Waals surface area contributed by atoms with Crippen LogP contribution in [0.25, 0.3) is 0 Å². The van der Waals surface area contributed by atoms with Gasteiger partial charge in [0.2, 0.25) is 0 Å². The van der Waals surface area contributed by atoms with Crippen LogP contribution in [0.2, 0.25) is 0 Å². The third-order valence-electron chi connectivity index (χ3n) is 8.04. The predicted octanol–water partition coefficient (Wildman–Crippen LogP) is 10.4. The molecule has 0 aromatic heterocycles. The molecule has 0 bridgehead atoms. The van der Waals surface area contributed by atoms with E-state index in [0.717, 1.165) is 35.3 Å². The second kappa shape index (κ2) is 19.5. The zero-order valence-corrected chi connectivity index (χ0v) is 27.4. The summed E-state index contributed by atoms with van der Waals surface area (Å²) in [4.78, 5) is 11.7. The van der Waals surface area contributed by atoms with E-state index >= 15 is 0 Å². The molecule has 4 heteroatoms. The maximum absolute atomic E-state index is 11.7. The van der Waals surface area contributed by atoms with E-state index in [0.29, 0.717) is 18.8 Å². The van der Waals surface area contributed by atoms with Crippen LogP contribution in [0.1, 0.15) is 173 Å². The van der Waals surface area contributed by atoms with Gasteiger partial charge in [0.25, 0.3) is 0 Å². The van der Waals surface area contributed by atoms with Crippen molar-refractivity contribution in [3.63, 3.8) is 0 Å². The molecule has 1 rings (SSSR count). The van der Waals surface area contributed by atoms with Gasteiger partial charge in [-0.25, -0.2) is 0 Å². The maximum atomic E-state index is 11.7. The van der Waals surface area contributed by atoms with Gasteiger partial charge in [-0.2, -0.15) is 0 Å². The zero-order chi connectivity index (χ0) is 30.0. The second-order valence-corrected chi connectivity index (χ2v) is 14.0. The third-order valence-corrected chi connectivity index (χ3v) is 8.04. The van der Waals surface area contributed by atoms with Gasteiger partial charge in [-0.1, -0.05) is 151 Å². The van der Waals surface area contributed by atoms with Crippen LogP contribution in [0.15, 0.2) is 6.07 Å². The SMILES string of the molecule is CCCCCCCCCCCCCCCCCCOCCc1c(CC(=O)O)cc(C(C)(C)C)c(O)c1C(C)(C)C. The number of aromatic hydroxyl groups is 1. The molecule has 0 aliphatic rings. The summed E-state index contributed by atoms with van der Waals surface area (Å²) in [5.41, 5.74) is 2.83. The molecule has 232 valence electrons. The Balaban J connectivity index is 2.34. The number of aliphatic carboxylic acids is 1. The predicted molar refractivity (Wildman–Crippen MR) is 171 cm³/mol. The molecule has 0 fully saturated rings. The van der Waals surface area contributed by atoms with Crippen LogP contribution in [0.3, 0.4) is 0 Å². The fourth-order valence-corrected chi connectivity index (χ4v) is 5.78. The molecule has 4 nitrogen and oxygen atoms in total. The highest BCUT2D eigenvalue weighted by Gasteiger charge is 2.30. The molecular weight excluding hydrogens is 496 g/mol. The van der Waals surface area contributed by atoms with Crippen molar-refractivity contribution in [2.24, 2.45) is 0 Å². The summed E-state index contributed by atoms with van der Waals surface area (Å²) in [7, 11) is 0. The number of hydrogen-bond donors (Lipinski definition) is 2. The van der Waals surface area contributed by atoms with Crippen LogP contribution >= 0.6 is 0 Å². The molecule has 0 amide bonds. The molecule has 1 aromatic rings. The van der Waals surface area contributed by atoms with Crippen LogP contribution in [0.4, 0.5) is 0 Å². The molecule has 0 saturated carbocycles. The topological polar surface area (TPSA) is 66.8 Å². The van der Waals surface area contributed by atoms with Crippen LogP contribution < -0.4 is 0 Å². The third kappa shape index (κ3) is 14.9. The highest BCUT2D eigenvalue weighted by atomic mass is 16.5. The summed E-state index contributed by atoms with van der Waals surface area (Å²) < 4.78 is 5.99. The highest BCUT2D eigenvalue weighted by Crippen LogP contribution is 2.43. The molecule has 0 radical (unpaired) electrons. The number of carboxylic acids is 1. The fraction of sp³-hybridized carbons (Fsp3) is 0.806. The number of phenolic OH excluding ortho intramolecular Hbond substituents is 1. The standard InChI is InChI=1S/C36H64O4/c1-8-9-10-11-12-13-14-15-16-17-18-19-20-21-22-23-25-40-26-24-30-29(28-32(37)38)27-31(35(2,3)4)34(39)33(30)36(5,6)7/h27,39H,8-26,28H2,1-7H3,(H,37,38). The Morgan fingerprint density at radius 2 is 1.15 bits per heavy atom. The minimum atomic E-state index is -0.847. The molecule has 0 saturated heterocycles. The molecule has 0 spiro atoms. The van der Waals surface area contributed by atoms with Crippen molar-refractivity contribution in [1.29, 1.82) is 0 Å². The van der Waals surface area contributed by atoms with Crippen molar-refractivity contribution in [1.82, 2.24) is 0 Å². The first kappa shape index (κ1) is 36.5. The largest absolute Gasteiger partial charge is 0.507 e. The number of ether oxygens (including phenoxy) is 1. The maximum Gasteiger partial charge on any atom is 0.307 e. The normalized spacial score (nSPS) is 12.3. The Bertz CT molecular complexity index is 829. The molecular formula is C36H64O4. The molecule has 0 aliphatic carbocycles. The minimum Gasteiger partial charge on any atom is -0.507 e. The quantitative estimate of drug-likeness (QED) is 0.138. The number of carbonyl (C=O) groups is 1. The molecule has 0 atom stereocenters. The fourth-order valence-electron chi connectivity index (χ4n) is 5.78. The molecule has 0 heterocycles. The molecule has 2 N–H and O–H groups in total. The van der Waals surface area contributed by atoms with E-state index in [2.05, 4.69) is 48.5 Å². The van der Waals surface area contributed by atoms with E-state index in [9.17, 15) is 15.0 Å². The van der Waals surface area contributed by atoms with Crippen molar-refractivity contribution in [3.8, 4) is 5.75 Å². The number of hydrogen-bond acceptors (Lipinski definition) is 3. The summed E-state index contributed by atoms with van der Waals surface area (Å²) in [6, 6.07) is 1.91. The van der Waals surface area contributed by atoms with E-state index in [4.69, 9.17) is 4.74 Å². The van der Waals surface area contributed by atoms with E-state index in [1.807, 2.05) is 6.07 Å². The summed E-state index contributed by atoms with van der Waals surface area (Å²) in [5.74, 6) is -0.539. The Kier molecular flexibility index (Phi) is 17.8. The minimum absolute atomic E-state index is 0.0408. The van der Waals surface area contributed by atoms with Gasteiger partial charge in [-0.3, -0.25) is 4.79 Å². The van der Waals surface area contributed by atoms with Crippen molar-refractivity contribution in [3.05, 3.63) is 28.3 Å².